The Morgan fingerprint density at radius 1 is 1.21 bits per heavy atom. The zero-order chi connectivity index (χ0) is 16.6. The second-order valence-electron chi connectivity index (χ2n) is 6.14. The van der Waals surface area contributed by atoms with Crippen LogP contribution >= 0.6 is 11.3 Å². The van der Waals surface area contributed by atoms with Crippen molar-refractivity contribution in [1.29, 1.82) is 0 Å². The number of hydrogen-bond acceptors (Lipinski definition) is 5. The number of aromatic nitrogens is 2. The lowest BCUT2D eigenvalue weighted by Gasteiger charge is -2.20. The molecule has 2 heterocycles. The van der Waals surface area contributed by atoms with E-state index in [1.54, 1.807) is 11.3 Å². The van der Waals surface area contributed by atoms with Crippen LogP contribution in [0, 0.1) is 5.92 Å². The SMILES string of the molecule is O=C(CC1CCCCC1)NCCOc1ccc(-c2cccs2)nn1. The Morgan fingerprint density at radius 3 is 2.79 bits per heavy atom. The van der Waals surface area contributed by atoms with Crippen LogP contribution in [-0.2, 0) is 4.79 Å². The van der Waals surface area contributed by atoms with Crippen LogP contribution in [-0.4, -0.2) is 29.3 Å². The van der Waals surface area contributed by atoms with E-state index in [2.05, 4.69) is 15.5 Å². The minimum absolute atomic E-state index is 0.129. The Bertz CT molecular complexity index is 622. The molecule has 1 N–H and O–H groups in total. The fourth-order valence-electron chi connectivity index (χ4n) is 3.02. The van der Waals surface area contributed by atoms with E-state index in [-0.39, 0.29) is 5.91 Å². The monoisotopic (exact) mass is 345 g/mol. The molecule has 0 aliphatic heterocycles. The van der Waals surface area contributed by atoms with Crippen molar-refractivity contribution in [2.75, 3.05) is 13.2 Å². The molecule has 1 fully saturated rings. The molecule has 0 spiro atoms. The number of hydrogen-bond donors (Lipinski definition) is 1. The van der Waals surface area contributed by atoms with Gasteiger partial charge in [0.05, 0.1) is 11.4 Å². The first kappa shape index (κ1) is 16.9. The molecule has 0 radical (unpaired) electrons. The minimum Gasteiger partial charge on any atom is -0.475 e. The fourth-order valence-corrected chi connectivity index (χ4v) is 3.71. The summed E-state index contributed by atoms with van der Waals surface area (Å²) in [6.07, 6.45) is 6.88. The van der Waals surface area contributed by atoms with Crippen LogP contribution in [0.2, 0.25) is 0 Å². The number of rotatable bonds is 7. The van der Waals surface area contributed by atoms with Crippen LogP contribution in [0.25, 0.3) is 10.6 Å². The van der Waals surface area contributed by atoms with Gasteiger partial charge in [0.25, 0.3) is 0 Å². The highest BCUT2D eigenvalue weighted by Crippen LogP contribution is 2.26. The molecule has 0 atom stereocenters. The predicted octanol–water partition coefficient (Wildman–Crippen LogP) is 3.67. The van der Waals surface area contributed by atoms with Crippen molar-refractivity contribution >= 4 is 17.2 Å². The molecule has 1 amide bonds. The van der Waals surface area contributed by atoms with Crippen LogP contribution in [0.1, 0.15) is 38.5 Å². The first-order valence-corrected chi connectivity index (χ1v) is 9.46. The highest BCUT2D eigenvalue weighted by Gasteiger charge is 2.16. The van der Waals surface area contributed by atoms with Gasteiger partial charge >= 0.3 is 0 Å². The summed E-state index contributed by atoms with van der Waals surface area (Å²) in [7, 11) is 0. The van der Waals surface area contributed by atoms with Crippen molar-refractivity contribution in [3.8, 4) is 16.5 Å². The third kappa shape index (κ3) is 5.03. The lowest BCUT2D eigenvalue weighted by Crippen LogP contribution is -2.30. The first-order valence-electron chi connectivity index (χ1n) is 8.58. The summed E-state index contributed by atoms with van der Waals surface area (Å²) < 4.78 is 5.53. The third-order valence-electron chi connectivity index (χ3n) is 4.29. The van der Waals surface area contributed by atoms with E-state index >= 15 is 0 Å². The maximum atomic E-state index is 11.9. The van der Waals surface area contributed by atoms with Gasteiger partial charge in [0.1, 0.15) is 12.3 Å². The summed E-state index contributed by atoms with van der Waals surface area (Å²) in [6, 6.07) is 7.71. The molecule has 2 aromatic rings. The molecule has 0 bridgehead atoms. The molecule has 1 saturated carbocycles. The number of carbonyl (C=O) groups is 1. The van der Waals surface area contributed by atoms with Crippen molar-refractivity contribution in [1.82, 2.24) is 15.5 Å². The molecule has 24 heavy (non-hydrogen) atoms. The fraction of sp³-hybridized carbons (Fsp3) is 0.500. The van der Waals surface area contributed by atoms with Gasteiger partial charge in [0.15, 0.2) is 0 Å². The summed E-state index contributed by atoms with van der Waals surface area (Å²) in [5, 5.41) is 13.2. The van der Waals surface area contributed by atoms with Gasteiger partial charge in [-0.05, 0) is 36.3 Å². The molecule has 1 aliphatic rings. The number of thiophene rings is 1. The van der Waals surface area contributed by atoms with E-state index in [4.69, 9.17) is 4.74 Å². The van der Waals surface area contributed by atoms with Gasteiger partial charge in [0, 0.05) is 12.5 Å². The molecule has 0 unspecified atom stereocenters. The average Bonchev–Trinajstić information content (AvgIpc) is 3.15. The number of ether oxygens (including phenoxy) is 1. The highest BCUT2D eigenvalue weighted by molar-refractivity contribution is 7.13. The number of amides is 1. The largest absolute Gasteiger partial charge is 0.475 e. The zero-order valence-corrected chi connectivity index (χ0v) is 14.6. The molecule has 128 valence electrons. The second-order valence-corrected chi connectivity index (χ2v) is 7.09. The van der Waals surface area contributed by atoms with Crippen molar-refractivity contribution < 1.29 is 9.53 Å². The van der Waals surface area contributed by atoms with Crippen molar-refractivity contribution in [2.24, 2.45) is 5.92 Å². The summed E-state index contributed by atoms with van der Waals surface area (Å²) in [6.45, 7) is 0.906. The summed E-state index contributed by atoms with van der Waals surface area (Å²) in [5.41, 5.74) is 0.845. The predicted molar refractivity (Wildman–Crippen MR) is 95.0 cm³/mol. The van der Waals surface area contributed by atoms with E-state index in [1.807, 2.05) is 29.6 Å². The number of nitrogens with one attached hydrogen (secondary N) is 1. The van der Waals surface area contributed by atoms with Crippen LogP contribution in [0.4, 0.5) is 0 Å². The molecule has 0 aromatic carbocycles. The zero-order valence-electron chi connectivity index (χ0n) is 13.7. The lowest BCUT2D eigenvalue weighted by atomic mass is 9.87. The Labute approximate surface area is 146 Å². The molecule has 5 nitrogen and oxygen atoms in total. The molecule has 1 aliphatic carbocycles. The Hall–Kier alpha value is -1.95. The average molecular weight is 345 g/mol. The van der Waals surface area contributed by atoms with Gasteiger partial charge in [-0.25, -0.2) is 0 Å². The van der Waals surface area contributed by atoms with E-state index in [9.17, 15) is 4.79 Å². The van der Waals surface area contributed by atoms with E-state index in [1.165, 1.54) is 32.1 Å². The van der Waals surface area contributed by atoms with Crippen molar-refractivity contribution in [3.05, 3.63) is 29.6 Å². The Kier molecular flexibility index (Phi) is 6.18. The van der Waals surface area contributed by atoms with Gasteiger partial charge in [-0.15, -0.1) is 21.5 Å². The van der Waals surface area contributed by atoms with Crippen LogP contribution < -0.4 is 10.1 Å². The maximum absolute atomic E-state index is 11.9. The minimum atomic E-state index is 0.129. The molecule has 6 heteroatoms. The van der Waals surface area contributed by atoms with Crippen molar-refractivity contribution in [2.45, 2.75) is 38.5 Å². The standard InChI is InChI=1S/C18H23N3O2S/c22-17(13-14-5-2-1-3-6-14)19-10-11-23-18-9-8-15(20-21-18)16-7-4-12-24-16/h4,7-9,12,14H,1-3,5-6,10-11,13H2,(H,19,22). The van der Waals surface area contributed by atoms with Gasteiger partial charge in [-0.2, -0.15) is 0 Å². The van der Waals surface area contributed by atoms with Gasteiger partial charge < -0.3 is 10.1 Å². The number of nitrogens with zero attached hydrogens (tertiary/aromatic N) is 2. The molecule has 2 aromatic heterocycles. The summed E-state index contributed by atoms with van der Waals surface area (Å²) in [4.78, 5) is 13.0. The lowest BCUT2D eigenvalue weighted by molar-refractivity contribution is -0.122. The van der Waals surface area contributed by atoms with Gasteiger partial charge in [0.2, 0.25) is 11.8 Å². The van der Waals surface area contributed by atoms with Crippen molar-refractivity contribution in [3.63, 3.8) is 0 Å². The highest BCUT2D eigenvalue weighted by atomic mass is 32.1. The van der Waals surface area contributed by atoms with E-state index in [0.29, 0.717) is 31.4 Å². The Balaban J connectivity index is 1.35. The molecular formula is C18H23N3O2S. The maximum Gasteiger partial charge on any atom is 0.233 e. The van der Waals surface area contributed by atoms with E-state index < -0.39 is 0 Å². The normalized spacial score (nSPS) is 15.2. The van der Waals surface area contributed by atoms with Crippen LogP contribution in [0.5, 0.6) is 5.88 Å². The second kappa shape index (κ2) is 8.78. The van der Waals surface area contributed by atoms with Crippen LogP contribution in [0.15, 0.2) is 29.6 Å². The smallest absolute Gasteiger partial charge is 0.233 e. The number of carbonyl (C=O) groups excluding carboxylic acids is 1. The van der Waals surface area contributed by atoms with Gasteiger partial charge in [-0.1, -0.05) is 25.3 Å². The summed E-state index contributed by atoms with van der Waals surface area (Å²) >= 11 is 1.63. The van der Waals surface area contributed by atoms with Gasteiger partial charge in [-0.3, -0.25) is 4.79 Å². The summed E-state index contributed by atoms with van der Waals surface area (Å²) in [5.74, 6) is 1.18. The topological polar surface area (TPSA) is 64.1 Å². The first-order chi connectivity index (χ1) is 11.8. The molecule has 3 rings (SSSR count). The third-order valence-corrected chi connectivity index (χ3v) is 5.18. The molecule has 0 saturated heterocycles. The quantitative estimate of drug-likeness (QED) is 0.778. The molecular weight excluding hydrogens is 322 g/mol. The van der Waals surface area contributed by atoms with E-state index in [0.717, 1.165) is 10.6 Å². The van der Waals surface area contributed by atoms with Crippen LogP contribution in [0.3, 0.4) is 0 Å². The Morgan fingerprint density at radius 2 is 2.08 bits per heavy atom.